The maximum absolute atomic E-state index is 9.79. The zero-order chi connectivity index (χ0) is 34.9. The van der Waals surface area contributed by atoms with Crippen LogP contribution in [0.5, 0.6) is 17.2 Å². The predicted octanol–water partition coefficient (Wildman–Crippen LogP) is 7.87. The Hall–Kier alpha value is -4.13. The van der Waals surface area contributed by atoms with Crippen LogP contribution in [0, 0.1) is 25.2 Å². The summed E-state index contributed by atoms with van der Waals surface area (Å²) in [6.07, 6.45) is 8.51. The van der Waals surface area contributed by atoms with Crippen molar-refractivity contribution in [3.05, 3.63) is 105 Å². The van der Waals surface area contributed by atoms with Gasteiger partial charge in [-0.2, -0.15) is 5.26 Å². The van der Waals surface area contributed by atoms with Crippen molar-refractivity contribution in [3.63, 3.8) is 0 Å². The minimum absolute atomic E-state index is 0.194. The summed E-state index contributed by atoms with van der Waals surface area (Å²) >= 11 is 6.87. The van der Waals surface area contributed by atoms with Crippen molar-refractivity contribution in [3.8, 4) is 34.4 Å². The molecule has 0 saturated carbocycles. The molecule has 0 aliphatic carbocycles. The van der Waals surface area contributed by atoms with Gasteiger partial charge in [0.15, 0.2) is 0 Å². The SMILES string of the molecule is Cc1c(COc2cc(OCc3cncc(C#N)c3)c(CN3CCCCC3)cc2Cl)cccc1-c1cccc(OCCCN2CCC(O)C2)c1C. The molecule has 1 N–H and O–H groups in total. The molecule has 2 fully saturated rings. The summed E-state index contributed by atoms with van der Waals surface area (Å²) in [6, 6.07) is 20.4. The van der Waals surface area contributed by atoms with Gasteiger partial charge in [-0.15, -0.1) is 0 Å². The average Bonchev–Trinajstić information content (AvgIpc) is 3.55. The Morgan fingerprint density at radius 1 is 0.840 bits per heavy atom. The van der Waals surface area contributed by atoms with E-state index in [2.05, 4.69) is 65.0 Å². The Bertz CT molecular complexity index is 1800. The molecule has 4 aromatic rings. The lowest BCUT2D eigenvalue weighted by molar-refractivity contribution is 0.173. The molecular weight excluding hydrogens is 648 g/mol. The fourth-order valence-electron chi connectivity index (χ4n) is 6.93. The van der Waals surface area contributed by atoms with Crippen molar-refractivity contribution in [1.29, 1.82) is 5.26 Å². The molecule has 3 aromatic carbocycles. The first-order valence-electron chi connectivity index (χ1n) is 17.7. The topological polar surface area (TPSA) is 91.1 Å². The van der Waals surface area contributed by atoms with Gasteiger partial charge in [0.25, 0.3) is 0 Å². The summed E-state index contributed by atoms with van der Waals surface area (Å²) in [5.41, 5.74) is 7.92. The number of benzene rings is 3. The number of hydrogen-bond donors (Lipinski definition) is 1. The van der Waals surface area contributed by atoms with Crippen LogP contribution in [-0.2, 0) is 19.8 Å². The smallest absolute Gasteiger partial charge is 0.142 e. The monoisotopic (exact) mass is 694 g/mol. The Morgan fingerprint density at radius 2 is 1.62 bits per heavy atom. The third kappa shape index (κ3) is 9.15. The first-order chi connectivity index (χ1) is 24.4. The fraction of sp³-hybridized carbons (Fsp3) is 0.415. The Morgan fingerprint density at radius 3 is 2.40 bits per heavy atom. The highest BCUT2D eigenvalue weighted by Crippen LogP contribution is 2.37. The highest BCUT2D eigenvalue weighted by molar-refractivity contribution is 6.32. The summed E-state index contributed by atoms with van der Waals surface area (Å²) < 4.78 is 19.0. The molecular formula is C41H47ClN4O4. The molecule has 0 radical (unpaired) electrons. The normalized spacial score (nSPS) is 16.7. The predicted molar refractivity (Wildman–Crippen MR) is 197 cm³/mol. The number of hydrogen-bond acceptors (Lipinski definition) is 8. The number of piperidine rings is 1. The molecule has 2 saturated heterocycles. The minimum Gasteiger partial charge on any atom is -0.493 e. The largest absolute Gasteiger partial charge is 0.493 e. The zero-order valence-electron chi connectivity index (χ0n) is 29.2. The second-order valence-electron chi connectivity index (χ2n) is 13.5. The summed E-state index contributed by atoms with van der Waals surface area (Å²) in [4.78, 5) is 8.93. The summed E-state index contributed by atoms with van der Waals surface area (Å²) in [6.45, 7) is 11.0. The average molecular weight is 695 g/mol. The molecule has 0 amide bonds. The van der Waals surface area contributed by atoms with E-state index < -0.39 is 0 Å². The molecule has 3 heterocycles. The molecule has 0 spiro atoms. The molecule has 2 aliphatic rings. The maximum atomic E-state index is 9.79. The van der Waals surface area contributed by atoms with Gasteiger partial charge in [0.2, 0.25) is 0 Å². The molecule has 50 heavy (non-hydrogen) atoms. The number of likely N-dealkylation sites (tertiary alicyclic amines) is 2. The van der Waals surface area contributed by atoms with Gasteiger partial charge in [0.1, 0.15) is 36.5 Å². The lowest BCUT2D eigenvalue weighted by atomic mass is 9.93. The molecule has 1 atom stereocenters. The highest BCUT2D eigenvalue weighted by Gasteiger charge is 2.20. The van der Waals surface area contributed by atoms with Crippen LogP contribution >= 0.6 is 11.6 Å². The van der Waals surface area contributed by atoms with Crippen LogP contribution in [0.4, 0.5) is 0 Å². The summed E-state index contributed by atoms with van der Waals surface area (Å²) in [5.74, 6) is 2.17. The van der Waals surface area contributed by atoms with Crippen LogP contribution in [0.2, 0.25) is 5.02 Å². The van der Waals surface area contributed by atoms with E-state index in [1.54, 1.807) is 18.5 Å². The molecule has 0 bridgehead atoms. The number of aliphatic hydroxyl groups excluding tert-OH is 1. The maximum Gasteiger partial charge on any atom is 0.142 e. The van der Waals surface area contributed by atoms with E-state index in [0.29, 0.717) is 35.3 Å². The second kappa shape index (κ2) is 17.2. The first-order valence-corrected chi connectivity index (χ1v) is 18.1. The van der Waals surface area contributed by atoms with E-state index in [1.165, 1.54) is 19.3 Å². The fourth-order valence-corrected chi connectivity index (χ4v) is 7.17. The summed E-state index contributed by atoms with van der Waals surface area (Å²) in [7, 11) is 0. The van der Waals surface area contributed by atoms with Crippen LogP contribution in [0.15, 0.2) is 67.0 Å². The van der Waals surface area contributed by atoms with Gasteiger partial charge in [0, 0.05) is 55.8 Å². The molecule has 2 aliphatic heterocycles. The van der Waals surface area contributed by atoms with Crippen molar-refractivity contribution in [1.82, 2.24) is 14.8 Å². The van der Waals surface area contributed by atoms with Crippen LogP contribution in [0.3, 0.4) is 0 Å². The summed E-state index contributed by atoms with van der Waals surface area (Å²) in [5, 5.41) is 19.7. The zero-order valence-corrected chi connectivity index (χ0v) is 29.9. The second-order valence-corrected chi connectivity index (χ2v) is 13.9. The Balaban J connectivity index is 1.16. The highest BCUT2D eigenvalue weighted by atomic mass is 35.5. The Labute approximate surface area is 301 Å². The first kappa shape index (κ1) is 35.7. The van der Waals surface area contributed by atoms with E-state index >= 15 is 0 Å². The third-order valence-electron chi connectivity index (χ3n) is 9.80. The molecule has 8 nitrogen and oxygen atoms in total. The Kier molecular flexibility index (Phi) is 12.3. The van der Waals surface area contributed by atoms with Gasteiger partial charge in [-0.25, -0.2) is 0 Å². The van der Waals surface area contributed by atoms with E-state index in [-0.39, 0.29) is 12.7 Å². The molecule has 1 aromatic heterocycles. The van der Waals surface area contributed by atoms with Crippen molar-refractivity contribution < 1.29 is 19.3 Å². The van der Waals surface area contributed by atoms with Gasteiger partial charge in [-0.3, -0.25) is 9.88 Å². The number of nitriles is 1. The van der Waals surface area contributed by atoms with Crippen molar-refractivity contribution in [2.75, 3.05) is 39.3 Å². The van der Waals surface area contributed by atoms with Crippen LogP contribution in [0.25, 0.3) is 11.1 Å². The number of β-amino-alcohol motifs (C(OH)–C–C–N with tert-alkyl or cyclic N) is 1. The van der Waals surface area contributed by atoms with Crippen molar-refractivity contribution in [2.45, 2.75) is 71.8 Å². The number of rotatable bonds is 14. The van der Waals surface area contributed by atoms with E-state index in [4.69, 9.17) is 25.8 Å². The van der Waals surface area contributed by atoms with Gasteiger partial charge >= 0.3 is 0 Å². The minimum atomic E-state index is -0.194. The number of pyridine rings is 1. The number of aromatic nitrogens is 1. The van der Waals surface area contributed by atoms with Crippen molar-refractivity contribution in [2.24, 2.45) is 0 Å². The van der Waals surface area contributed by atoms with Gasteiger partial charge < -0.3 is 24.2 Å². The standard InChI is InChI=1S/C41H47ClN4O4/c1-29-33(9-6-10-36(29)37-11-7-12-39(30(37)2)48-18-8-16-46-17-13-35(47)26-46)28-50-41-21-40(49-27-32-19-31(22-43)23-44-24-32)34(20-38(41)42)25-45-14-4-3-5-15-45/h6-7,9-12,19-21,23-24,35,47H,3-5,8,13-18,25-28H2,1-2H3. The molecule has 6 rings (SSSR count). The number of ether oxygens (including phenoxy) is 3. The third-order valence-corrected chi connectivity index (χ3v) is 10.1. The van der Waals surface area contributed by atoms with Gasteiger partial charge in [-0.1, -0.05) is 48.4 Å². The van der Waals surface area contributed by atoms with E-state index in [9.17, 15) is 10.4 Å². The lowest BCUT2D eigenvalue weighted by Gasteiger charge is -2.27. The van der Waals surface area contributed by atoms with Crippen LogP contribution in [0.1, 0.15) is 65.5 Å². The quantitative estimate of drug-likeness (QED) is 0.133. The number of aliphatic hydroxyl groups is 1. The van der Waals surface area contributed by atoms with Gasteiger partial charge in [0.05, 0.1) is 23.3 Å². The number of nitrogens with zero attached hydrogens (tertiary/aromatic N) is 4. The van der Waals surface area contributed by atoms with Gasteiger partial charge in [-0.05, 0) is 98.6 Å². The van der Waals surface area contributed by atoms with Crippen LogP contribution < -0.4 is 14.2 Å². The number of halogens is 1. The van der Waals surface area contributed by atoms with Crippen LogP contribution in [-0.4, -0.2) is 65.3 Å². The molecule has 262 valence electrons. The molecule has 1 unspecified atom stereocenters. The van der Waals surface area contributed by atoms with E-state index in [1.807, 2.05) is 18.2 Å². The lowest BCUT2D eigenvalue weighted by Crippen LogP contribution is -2.29. The van der Waals surface area contributed by atoms with E-state index in [0.717, 1.165) is 96.8 Å². The molecule has 9 heteroatoms. The van der Waals surface area contributed by atoms with Crippen molar-refractivity contribution >= 4 is 11.6 Å².